The van der Waals surface area contributed by atoms with E-state index in [1.54, 1.807) is 12.1 Å². The molecule has 2 heterocycles. The average Bonchev–Trinajstić information content (AvgIpc) is 2.84. The molecule has 3 rings (SSSR count). The molecule has 2 aromatic rings. The van der Waals surface area contributed by atoms with Crippen LogP contribution < -0.4 is 4.74 Å². The molecule has 0 aliphatic carbocycles. The van der Waals surface area contributed by atoms with Gasteiger partial charge in [0.25, 0.3) is 0 Å². The summed E-state index contributed by atoms with van der Waals surface area (Å²) in [6, 6.07) is 5.96. The number of carboxylic acid groups (broad SMARTS) is 1. The second kappa shape index (κ2) is 4.08. The van der Waals surface area contributed by atoms with Gasteiger partial charge in [-0.3, -0.25) is 0 Å². The zero-order chi connectivity index (χ0) is 13.6. The highest BCUT2D eigenvalue weighted by Gasteiger charge is 2.32. The molecule has 0 saturated heterocycles. The quantitative estimate of drug-likeness (QED) is 0.900. The van der Waals surface area contributed by atoms with Gasteiger partial charge in [-0.1, -0.05) is 12.1 Å². The molecule has 0 bridgehead atoms. The summed E-state index contributed by atoms with van der Waals surface area (Å²) in [5.41, 5.74) is 0.181. The first-order valence-corrected chi connectivity index (χ1v) is 5.83. The van der Waals surface area contributed by atoms with Crippen LogP contribution >= 0.6 is 0 Å². The lowest BCUT2D eigenvalue weighted by atomic mass is 10.1. The summed E-state index contributed by atoms with van der Waals surface area (Å²) in [5, 5.41) is 13.5. The van der Waals surface area contributed by atoms with Gasteiger partial charge in [0, 0.05) is 5.56 Å². The number of hydrogen-bond acceptors (Lipinski definition) is 3. The lowest BCUT2D eigenvalue weighted by molar-refractivity contribution is 0.0693. The molecular formula is C13H11FN2O3. The summed E-state index contributed by atoms with van der Waals surface area (Å²) in [6.45, 7) is 2.28. The second-order valence-corrected chi connectivity index (χ2v) is 4.42. The Morgan fingerprint density at radius 2 is 2.26 bits per heavy atom. The molecule has 1 N–H and O–H groups in total. The largest absolute Gasteiger partial charge is 0.477 e. The molecule has 1 atom stereocenters. The van der Waals surface area contributed by atoms with Crippen LogP contribution in [-0.4, -0.2) is 27.0 Å². The van der Waals surface area contributed by atoms with Gasteiger partial charge in [-0.15, -0.1) is 0 Å². The van der Waals surface area contributed by atoms with Crippen LogP contribution in [0.4, 0.5) is 4.39 Å². The highest BCUT2D eigenvalue weighted by Crippen LogP contribution is 2.35. The highest BCUT2D eigenvalue weighted by molar-refractivity contribution is 5.97. The van der Waals surface area contributed by atoms with Crippen LogP contribution in [0, 0.1) is 5.82 Å². The lowest BCUT2D eigenvalue weighted by Crippen LogP contribution is -2.10. The van der Waals surface area contributed by atoms with Crippen molar-refractivity contribution in [2.75, 3.05) is 0 Å². The van der Waals surface area contributed by atoms with Crippen LogP contribution in [0.5, 0.6) is 5.88 Å². The number of ether oxygens (including phenoxy) is 1. The minimum Gasteiger partial charge on any atom is -0.477 e. The number of aromatic carboxylic acids is 1. The van der Waals surface area contributed by atoms with Gasteiger partial charge in [0.15, 0.2) is 0 Å². The molecular weight excluding hydrogens is 251 g/mol. The van der Waals surface area contributed by atoms with E-state index in [0.29, 0.717) is 6.54 Å². The number of carboxylic acids is 1. The molecule has 1 aromatic carbocycles. The number of hydrogen-bond donors (Lipinski definition) is 1. The molecule has 19 heavy (non-hydrogen) atoms. The molecule has 0 spiro atoms. The van der Waals surface area contributed by atoms with Crippen molar-refractivity contribution in [2.24, 2.45) is 0 Å². The van der Waals surface area contributed by atoms with Gasteiger partial charge in [-0.05, 0) is 19.1 Å². The molecule has 0 fully saturated rings. The Hall–Kier alpha value is -2.37. The first-order chi connectivity index (χ1) is 9.08. The summed E-state index contributed by atoms with van der Waals surface area (Å²) >= 11 is 0. The predicted molar refractivity (Wildman–Crippen MR) is 64.7 cm³/mol. The van der Waals surface area contributed by atoms with E-state index < -0.39 is 11.8 Å². The average molecular weight is 262 g/mol. The molecule has 6 heteroatoms. The molecule has 0 radical (unpaired) electrons. The van der Waals surface area contributed by atoms with Crippen molar-refractivity contribution < 1.29 is 19.0 Å². The number of carbonyl (C=O) groups is 1. The summed E-state index contributed by atoms with van der Waals surface area (Å²) in [4.78, 5) is 11.4. The second-order valence-electron chi connectivity index (χ2n) is 4.42. The van der Waals surface area contributed by atoms with Gasteiger partial charge in [0.1, 0.15) is 23.2 Å². The number of aromatic nitrogens is 2. The number of halogens is 1. The molecule has 0 saturated carbocycles. The van der Waals surface area contributed by atoms with Crippen molar-refractivity contribution in [3.05, 3.63) is 35.6 Å². The molecule has 1 aromatic heterocycles. The van der Waals surface area contributed by atoms with Crippen LogP contribution in [0.2, 0.25) is 0 Å². The van der Waals surface area contributed by atoms with E-state index in [9.17, 15) is 14.3 Å². The standard InChI is InChI=1S/C13H11FN2O3/c1-7-6-16-12(19-7)10(13(17)18)11(15-16)8-4-2-3-5-9(8)14/h2-5,7H,6H2,1H3,(H,17,18)/t7-/m1/s1. The first kappa shape index (κ1) is 11.7. The Balaban J connectivity index is 2.21. The summed E-state index contributed by atoms with van der Waals surface area (Å²) in [6.07, 6.45) is -0.129. The molecule has 0 amide bonds. The van der Waals surface area contributed by atoms with Crippen molar-refractivity contribution in [3.63, 3.8) is 0 Å². The van der Waals surface area contributed by atoms with E-state index in [0.717, 1.165) is 0 Å². The maximum atomic E-state index is 13.8. The summed E-state index contributed by atoms with van der Waals surface area (Å²) in [7, 11) is 0. The van der Waals surface area contributed by atoms with E-state index in [4.69, 9.17) is 4.74 Å². The third-order valence-corrected chi connectivity index (χ3v) is 2.99. The molecule has 5 nitrogen and oxygen atoms in total. The first-order valence-electron chi connectivity index (χ1n) is 5.83. The lowest BCUT2D eigenvalue weighted by Gasteiger charge is -2.05. The molecule has 98 valence electrons. The van der Waals surface area contributed by atoms with Crippen molar-refractivity contribution >= 4 is 5.97 Å². The zero-order valence-corrected chi connectivity index (χ0v) is 10.1. The fraction of sp³-hybridized carbons (Fsp3) is 0.231. The third-order valence-electron chi connectivity index (χ3n) is 2.99. The number of fused-ring (bicyclic) bond motifs is 1. The smallest absolute Gasteiger partial charge is 0.343 e. The highest BCUT2D eigenvalue weighted by atomic mass is 19.1. The SMILES string of the molecule is C[C@@H]1Cn2nc(-c3ccccc3F)c(C(=O)O)c2O1. The van der Waals surface area contributed by atoms with E-state index in [2.05, 4.69) is 5.10 Å². The number of benzene rings is 1. The van der Waals surface area contributed by atoms with E-state index in [1.807, 2.05) is 6.92 Å². The van der Waals surface area contributed by atoms with Crippen LogP contribution in [-0.2, 0) is 6.54 Å². The van der Waals surface area contributed by atoms with Crippen LogP contribution in [0.1, 0.15) is 17.3 Å². The monoisotopic (exact) mass is 262 g/mol. The summed E-state index contributed by atoms with van der Waals surface area (Å²) < 4.78 is 20.7. The Kier molecular flexibility index (Phi) is 2.51. The maximum absolute atomic E-state index is 13.8. The van der Waals surface area contributed by atoms with Gasteiger partial charge >= 0.3 is 5.97 Å². The fourth-order valence-electron chi connectivity index (χ4n) is 2.20. The van der Waals surface area contributed by atoms with E-state index in [1.165, 1.54) is 16.8 Å². The Bertz CT molecular complexity index is 666. The van der Waals surface area contributed by atoms with Crippen molar-refractivity contribution in [1.29, 1.82) is 0 Å². The van der Waals surface area contributed by atoms with Crippen molar-refractivity contribution in [3.8, 4) is 17.1 Å². The molecule has 1 aliphatic heterocycles. The minimum atomic E-state index is -1.17. The van der Waals surface area contributed by atoms with Gasteiger partial charge in [0.05, 0.1) is 6.54 Å². The Morgan fingerprint density at radius 1 is 1.53 bits per heavy atom. The van der Waals surface area contributed by atoms with Crippen molar-refractivity contribution in [2.45, 2.75) is 19.6 Å². The minimum absolute atomic E-state index is 0.0885. The van der Waals surface area contributed by atoms with E-state index in [-0.39, 0.29) is 28.8 Å². The van der Waals surface area contributed by atoms with Crippen LogP contribution in [0.3, 0.4) is 0 Å². The molecule has 1 aliphatic rings. The predicted octanol–water partition coefficient (Wildman–Crippen LogP) is 2.17. The Labute approximate surface area is 108 Å². The molecule has 0 unspecified atom stereocenters. The van der Waals surface area contributed by atoms with Crippen molar-refractivity contribution in [1.82, 2.24) is 9.78 Å². The number of rotatable bonds is 2. The van der Waals surface area contributed by atoms with Crippen LogP contribution in [0.25, 0.3) is 11.3 Å². The topological polar surface area (TPSA) is 64.4 Å². The van der Waals surface area contributed by atoms with Gasteiger partial charge in [0.2, 0.25) is 5.88 Å². The van der Waals surface area contributed by atoms with Gasteiger partial charge < -0.3 is 9.84 Å². The Morgan fingerprint density at radius 3 is 2.95 bits per heavy atom. The summed E-state index contributed by atoms with van der Waals surface area (Å²) in [5.74, 6) is -1.48. The third kappa shape index (κ3) is 1.76. The maximum Gasteiger partial charge on any atom is 0.343 e. The van der Waals surface area contributed by atoms with Gasteiger partial charge in [-0.2, -0.15) is 5.10 Å². The van der Waals surface area contributed by atoms with Crippen LogP contribution in [0.15, 0.2) is 24.3 Å². The normalized spacial score (nSPS) is 17.1. The zero-order valence-electron chi connectivity index (χ0n) is 10.1. The van der Waals surface area contributed by atoms with E-state index >= 15 is 0 Å². The fourth-order valence-corrected chi connectivity index (χ4v) is 2.20. The van der Waals surface area contributed by atoms with Gasteiger partial charge in [-0.25, -0.2) is 13.9 Å². The number of nitrogens with zero attached hydrogens (tertiary/aromatic N) is 2.